The molecule has 3 rings (SSSR count). The lowest BCUT2D eigenvalue weighted by atomic mass is 9.97. The van der Waals surface area contributed by atoms with Gasteiger partial charge in [0.15, 0.2) is 0 Å². The van der Waals surface area contributed by atoms with E-state index in [9.17, 15) is 14.4 Å². The molecule has 1 N–H and O–H groups in total. The van der Waals surface area contributed by atoms with Crippen molar-refractivity contribution in [3.8, 4) is 0 Å². The van der Waals surface area contributed by atoms with Gasteiger partial charge in [-0.05, 0) is 43.7 Å². The number of nitrogens with zero attached hydrogens (tertiary/aromatic N) is 2. The van der Waals surface area contributed by atoms with Gasteiger partial charge < -0.3 is 15.1 Å². The summed E-state index contributed by atoms with van der Waals surface area (Å²) in [5.74, 6) is 0.433. The van der Waals surface area contributed by atoms with Crippen molar-refractivity contribution in [2.45, 2.75) is 38.5 Å². The third kappa shape index (κ3) is 5.47. The monoisotopic (exact) mass is 405 g/mol. The maximum absolute atomic E-state index is 12.5. The summed E-state index contributed by atoms with van der Waals surface area (Å²) >= 11 is 6.07. The van der Waals surface area contributed by atoms with Gasteiger partial charge in [0.2, 0.25) is 11.8 Å². The number of hydrogen-bond donors (Lipinski definition) is 1. The molecule has 0 spiro atoms. The van der Waals surface area contributed by atoms with Gasteiger partial charge in [-0.15, -0.1) is 0 Å². The van der Waals surface area contributed by atoms with Crippen LogP contribution in [0.1, 0.15) is 48.9 Å². The third-order valence-electron chi connectivity index (χ3n) is 5.53. The fourth-order valence-corrected chi connectivity index (χ4v) is 4.18. The molecule has 0 aliphatic carbocycles. The summed E-state index contributed by atoms with van der Waals surface area (Å²) in [6.07, 6.45) is 4.71. The highest BCUT2D eigenvalue weighted by Gasteiger charge is 2.25. The fourth-order valence-electron chi connectivity index (χ4n) is 3.96. The lowest BCUT2D eigenvalue weighted by Gasteiger charge is -2.33. The van der Waals surface area contributed by atoms with Crippen molar-refractivity contribution in [2.24, 2.45) is 5.92 Å². The van der Waals surface area contributed by atoms with Gasteiger partial charge in [-0.3, -0.25) is 14.4 Å². The summed E-state index contributed by atoms with van der Waals surface area (Å²) in [7, 11) is 0. The summed E-state index contributed by atoms with van der Waals surface area (Å²) in [5, 5.41) is 3.39. The Morgan fingerprint density at radius 1 is 1.18 bits per heavy atom. The highest BCUT2D eigenvalue weighted by molar-refractivity contribution is 6.33. The first-order chi connectivity index (χ1) is 13.5. The van der Waals surface area contributed by atoms with E-state index < -0.39 is 0 Å². The van der Waals surface area contributed by atoms with Crippen LogP contribution < -0.4 is 5.32 Å². The summed E-state index contributed by atoms with van der Waals surface area (Å²) in [6.45, 7) is 3.48. The van der Waals surface area contributed by atoms with Crippen LogP contribution in [0.5, 0.6) is 0 Å². The van der Waals surface area contributed by atoms with E-state index in [1.807, 2.05) is 9.80 Å². The predicted octanol–water partition coefficient (Wildman–Crippen LogP) is 2.71. The van der Waals surface area contributed by atoms with Crippen molar-refractivity contribution in [2.75, 3.05) is 32.7 Å². The Hall–Kier alpha value is -2.08. The van der Waals surface area contributed by atoms with Gasteiger partial charge in [0.05, 0.1) is 10.6 Å². The molecule has 2 saturated heterocycles. The van der Waals surface area contributed by atoms with Crippen LogP contribution in [0.4, 0.5) is 0 Å². The summed E-state index contributed by atoms with van der Waals surface area (Å²) < 4.78 is 0. The Balaban J connectivity index is 1.40. The number of carbonyl (C=O) groups is 3. The highest BCUT2D eigenvalue weighted by Crippen LogP contribution is 2.19. The first-order valence-corrected chi connectivity index (χ1v) is 10.5. The van der Waals surface area contributed by atoms with Crippen molar-refractivity contribution >= 4 is 29.3 Å². The van der Waals surface area contributed by atoms with E-state index >= 15 is 0 Å². The van der Waals surface area contributed by atoms with Gasteiger partial charge in [-0.25, -0.2) is 0 Å². The molecule has 1 aromatic carbocycles. The predicted molar refractivity (Wildman–Crippen MR) is 108 cm³/mol. The van der Waals surface area contributed by atoms with Gasteiger partial charge in [0.1, 0.15) is 0 Å². The summed E-state index contributed by atoms with van der Waals surface area (Å²) in [4.78, 5) is 40.2. The Morgan fingerprint density at radius 3 is 2.75 bits per heavy atom. The fraction of sp³-hybridized carbons (Fsp3) is 0.571. The van der Waals surface area contributed by atoms with E-state index in [1.165, 1.54) is 0 Å². The van der Waals surface area contributed by atoms with E-state index in [4.69, 9.17) is 11.6 Å². The van der Waals surface area contributed by atoms with Gasteiger partial charge in [0, 0.05) is 45.6 Å². The van der Waals surface area contributed by atoms with Crippen LogP contribution in [-0.2, 0) is 9.59 Å². The van der Waals surface area contributed by atoms with Gasteiger partial charge in [-0.1, -0.05) is 23.7 Å². The number of nitrogens with one attached hydrogen (secondary N) is 1. The standard InChI is InChI=1S/C21H28ClN3O3/c22-18-8-2-1-7-17(18)21(28)23-14-16-6-3-13-25(15-16)20(27)10-5-12-24-11-4-9-19(24)26/h1-2,7-8,16H,3-6,9-15H2,(H,23,28). The molecule has 2 fully saturated rings. The molecule has 1 aromatic rings. The van der Waals surface area contributed by atoms with Gasteiger partial charge in [0.25, 0.3) is 5.91 Å². The molecule has 152 valence electrons. The quantitative estimate of drug-likeness (QED) is 0.758. The summed E-state index contributed by atoms with van der Waals surface area (Å²) in [6, 6.07) is 6.99. The number of piperidine rings is 1. The molecule has 0 aromatic heterocycles. The number of hydrogen-bond acceptors (Lipinski definition) is 3. The number of benzene rings is 1. The van der Waals surface area contributed by atoms with Crippen LogP contribution in [0.25, 0.3) is 0 Å². The number of likely N-dealkylation sites (tertiary alicyclic amines) is 2. The normalized spacial score (nSPS) is 19.8. The van der Waals surface area contributed by atoms with Gasteiger partial charge in [-0.2, -0.15) is 0 Å². The maximum atomic E-state index is 12.5. The van der Waals surface area contributed by atoms with Crippen molar-refractivity contribution in [1.29, 1.82) is 0 Å². The SMILES string of the molecule is O=C(NCC1CCCN(C(=O)CCCN2CCCC2=O)C1)c1ccccc1Cl. The third-order valence-corrected chi connectivity index (χ3v) is 5.86. The second-order valence-electron chi connectivity index (χ2n) is 7.63. The van der Waals surface area contributed by atoms with Crippen LogP contribution in [0.3, 0.4) is 0 Å². The lowest BCUT2D eigenvalue weighted by molar-refractivity contribution is -0.134. The smallest absolute Gasteiger partial charge is 0.252 e. The second-order valence-corrected chi connectivity index (χ2v) is 8.03. The largest absolute Gasteiger partial charge is 0.352 e. The maximum Gasteiger partial charge on any atom is 0.252 e. The molecule has 2 heterocycles. The highest BCUT2D eigenvalue weighted by atomic mass is 35.5. The van der Waals surface area contributed by atoms with Crippen LogP contribution >= 0.6 is 11.6 Å². The van der Waals surface area contributed by atoms with E-state index in [0.717, 1.165) is 38.8 Å². The first-order valence-electron chi connectivity index (χ1n) is 10.1. The second kappa shape index (κ2) is 9.92. The lowest BCUT2D eigenvalue weighted by Crippen LogP contribution is -2.43. The van der Waals surface area contributed by atoms with Crippen molar-refractivity contribution in [3.63, 3.8) is 0 Å². The molecule has 2 aliphatic heterocycles. The van der Waals surface area contributed by atoms with E-state index in [2.05, 4.69) is 5.32 Å². The van der Waals surface area contributed by atoms with Crippen molar-refractivity contribution < 1.29 is 14.4 Å². The molecule has 1 atom stereocenters. The average molecular weight is 406 g/mol. The van der Waals surface area contributed by atoms with E-state index in [0.29, 0.717) is 43.1 Å². The van der Waals surface area contributed by atoms with Gasteiger partial charge >= 0.3 is 0 Å². The van der Waals surface area contributed by atoms with Crippen molar-refractivity contribution in [1.82, 2.24) is 15.1 Å². The topological polar surface area (TPSA) is 69.7 Å². The number of carbonyl (C=O) groups excluding carboxylic acids is 3. The molecule has 6 nitrogen and oxygen atoms in total. The molecule has 28 heavy (non-hydrogen) atoms. The molecule has 0 bridgehead atoms. The van der Waals surface area contributed by atoms with Crippen LogP contribution in [-0.4, -0.2) is 60.2 Å². The van der Waals surface area contributed by atoms with E-state index in [-0.39, 0.29) is 23.6 Å². The van der Waals surface area contributed by atoms with Crippen LogP contribution in [0.2, 0.25) is 5.02 Å². The number of halogens is 1. The molecule has 0 radical (unpaired) electrons. The minimum atomic E-state index is -0.177. The Labute approximate surface area is 171 Å². The zero-order valence-corrected chi connectivity index (χ0v) is 16.9. The molecule has 7 heteroatoms. The Bertz CT molecular complexity index is 725. The molecule has 0 saturated carbocycles. The number of rotatable bonds is 7. The van der Waals surface area contributed by atoms with Crippen LogP contribution in [0, 0.1) is 5.92 Å². The first kappa shape index (κ1) is 20.6. The number of amides is 3. The molecular formula is C21H28ClN3O3. The zero-order valence-electron chi connectivity index (χ0n) is 16.2. The molecule has 1 unspecified atom stereocenters. The summed E-state index contributed by atoms with van der Waals surface area (Å²) in [5.41, 5.74) is 0.476. The Morgan fingerprint density at radius 2 is 2.00 bits per heavy atom. The Kier molecular flexibility index (Phi) is 7.31. The van der Waals surface area contributed by atoms with Crippen LogP contribution in [0.15, 0.2) is 24.3 Å². The molecule has 2 aliphatic rings. The minimum Gasteiger partial charge on any atom is -0.352 e. The minimum absolute atomic E-state index is 0.147. The molecular weight excluding hydrogens is 378 g/mol. The molecule has 3 amide bonds. The zero-order chi connectivity index (χ0) is 19.9. The van der Waals surface area contributed by atoms with E-state index in [1.54, 1.807) is 24.3 Å². The average Bonchev–Trinajstić information content (AvgIpc) is 3.11. The van der Waals surface area contributed by atoms with Crippen molar-refractivity contribution in [3.05, 3.63) is 34.9 Å².